The molecule has 158 valence electrons. The molecule has 1 aliphatic rings. The Morgan fingerprint density at radius 1 is 0.968 bits per heavy atom. The van der Waals surface area contributed by atoms with Crippen molar-refractivity contribution in [3.05, 3.63) is 83.0 Å². The van der Waals surface area contributed by atoms with Crippen molar-refractivity contribution in [2.45, 2.75) is 26.1 Å². The standard InChI is InChI=1S/C26H29N5/c1-4-16-31(19-22-13-9-6-10-14-22)25-23-20-30(18-21-11-7-5-8-12-21)17-15-24(23)27-26(28-25)29(2)3/h1,5-14H,15-20H2,2-3H3. The van der Waals surface area contributed by atoms with Gasteiger partial charge in [0.25, 0.3) is 0 Å². The number of aromatic nitrogens is 2. The summed E-state index contributed by atoms with van der Waals surface area (Å²) in [6.07, 6.45) is 6.68. The van der Waals surface area contributed by atoms with Crippen LogP contribution in [0.1, 0.15) is 22.4 Å². The van der Waals surface area contributed by atoms with E-state index in [1.807, 2.05) is 25.1 Å². The molecule has 0 saturated carbocycles. The van der Waals surface area contributed by atoms with E-state index in [9.17, 15) is 0 Å². The van der Waals surface area contributed by atoms with Crippen molar-refractivity contribution < 1.29 is 0 Å². The van der Waals surface area contributed by atoms with E-state index in [2.05, 4.69) is 70.3 Å². The van der Waals surface area contributed by atoms with E-state index in [0.717, 1.165) is 50.1 Å². The zero-order valence-electron chi connectivity index (χ0n) is 18.3. The van der Waals surface area contributed by atoms with Gasteiger partial charge in [0, 0.05) is 52.3 Å². The van der Waals surface area contributed by atoms with Gasteiger partial charge >= 0.3 is 0 Å². The van der Waals surface area contributed by atoms with E-state index in [0.29, 0.717) is 6.54 Å². The van der Waals surface area contributed by atoms with Crippen LogP contribution in [0.5, 0.6) is 0 Å². The third-order valence-electron chi connectivity index (χ3n) is 5.55. The summed E-state index contributed by atoms with van der Waals surface area (Å²) < 4.78 is 0. The topological polar surface area (TPSA) is 35.5 Å². The zero-order valence-corrected chi connectivity index (χ0v) is 18.3. The van der Waals surface area contributed by atoms with Gasteiger partial charge in [0.1, 0.15) is 5.82 Å². The van der Waals surface area contributed by atoms with Gasteiger partial charge in [-0.2, -0.15) is 4.98 Å². The van der Waals surface area contributed by atoms with Gasteiger partial charge in [0.15, 0.2) is 0 Å². The third kappa shape index (κ3) is 5.04. The van der Waals surface area contributed by atoms with Crippen molar-refractivity contribution in [3.8, 4) is 12.3 Å². The molecule has 2 aromatic carbocycles. The van der Waals surface area contributed by atoms with Gasteiger partial charge in [0.05, 0.1) is 12.2 Å². The van der Waals surface area contributed by atoms with E-state index >= 15 is 0 Å². The second kappa shape index (κ2) is 9.63. The maximum atomic E-state index is 5.77. The Bertz CT molecular complexity index is 1040. The number of terminal acetylenes is 1. The number of rotatable bonds is 7. The molecule has 1 aliphatic heterocycles. The number of fused-ring (bicyclic) bond motifs is 1. The Kier molecular flexibility index (Phi) is 6.49. The van der Waals surface area contributed by atoms with Crippen LogP contribution >= 0.6 is 0 Å². The average Bonchev–Trinajstić information content (AvgIpc) is 2.79. The molecule has 0 amide bonds. The highest BCUT2D eigenvalue weighted by Crippen LogP contribution is 2.30. The van der Waals surface area contributed by atoms with Gasteiger partial charge in [-0.1, -0.05) is 66.6 Å². The maximum Gasteiger partial charge on any atom is 0.227 e. The zero-order chi connectivity index (χ0) is 21.6. The van der Waals surface area contributed by atoms with Gasteiger partial charge in [0.2, 0.25) is 5.95 Å². The Hall–Kier alpha value is -3.36. The largest absolute Gasteiger partial charge is 0.347 e. The first kappa shape index (κ1) is 20.9. The van der Waals surface area contributed by atoms with Crippen LogP contribution in [-0.2, 0) is 26.1 Å². The molecule has 4 rings (SSSR count). The lowest BCUT2D eigenvalue weighted by molar-refractivity contribution is 0.243. The van der Waals surface area contributed by atoms with Crippen molar-refractivity contribution in [2.75, 3.05) is 37.0 Å². The number of nitrogens with zero attached hydrogens (tertiary/aromatic N) is 5. The molecule has 1 aromatic heterocycles. The molecule has 5 heteroatoms. The molecule has 31 heavy (non-hydrogen) atoms. The minimum Gasteiger partial charge on any atom is -0.347 e. The minimum absolute atomic E-state index is 0.504. The molecule has 0 atom stereocenters. The third-order valence-corrected chi connectivity index (χ3v) is 5.55. The lowest BCUT2D eigenvalue weighted by Crippen LogP contribution is -2.35. The van der Waals surface area contributed by atoms with Crippen LogP contribution < -0.4 is 9.80 Å². The van der Waals surface area contributed by atoms with Gasteiger partial charge in [-0.25, -0.2) is 4.98 Å². The summed E-state index contributed by atoms with van der Waals surface area (Å²) >= 11 is 0. The van der Waals surface area contributed by atoms with Crippen LogP contribution in [0.2, 0.25) is 0 Å². The van der Waals surface area contributed by atoms with E-state index in [4.69, 9.17) is 16.4 Å². The van der Waals surface area contributed by atoms with E-state index in [1.165, 1.54) is 16.7 Å². The van der Waals surface area contributed by atoms with Gasteiger partial charge in [-0.05, 0) is 11.1 Å². The molecule has 0 saturated heterocycles. The fraction of sp³-hybridized carbons (Fsp3) is 0.308. The molecule has 0 N–H and O–H groups in total. The number of benzene rings is 2. The van der Waals surface area contributed by atoms with Gasteiger partial charge in [-0.3, -0.25) is 4.90 Å². The smallest absolute Gasteiger partial charge is 0.227 e. The van der Waals surface area contributed by atoms with E-state index < -0.39 is 0 Å². The van der Waals surface area contributed by atoms with Gasteiger partial charge < -0.3 is 9.80 Å². The highest BCUT2D eigenvalue weighted by atomic mass is 15.3. The summed E-state index contributed by atoms with van der Waals surface area (Å²) in [7, 11) is 3.97. The second-order valence-electron chi connectivity index (χ2n) is 8.16. The molecule has 0 spiro atoms. The SMILES string of the molecule is C#CCN(Cc1ccccc1)c1nc(N(C)C)nc2c1CN(Cc1ccccc1)CC2. The normalized spacial score (nSPS) is 13.3. The maximum absolute atomic E-state index is 5.77. The van der Waals surface area contributed by atoms with E-state index in [1.54, 1.807) is 0 Å². The predicted molar refractivity (Wildman–Crippen MR) is 127 cm³/mol. The summed E-state index contributed by atoms with van der Waals surface area (Å²) in [6, 6.07) is 21.0. The first-order chi connectivity index (χ1) is 15.1. The highest BCUT2D eigenvalue weighted by molar-refractivity contribution is 5.55. The lowest BCUT2D eigenvalue weighted by Gasteiger charge is -2.33. The molecule has 2 heterocycles. The average molecular weight is 412 g/mol. The summed E-state index contributed by atoms with van der Waals surface area (Å²) in [5, 5.41) is 0. The van der Waals surface area contributed by atoms with Crippen molar-refractivity contribution in [2.24, 2.45) is 0 Å². The van der Waals surface area contributed by atoms with Crippen molar-refractivity contribution >= 4 is 11.8 Å². The molecule has 3 aromatic rings. The quantitative estimate of drug-likeness (QED) is 0.554. The lowest BCUT2D eigenvalue weighted by atomic mass is 10.0. The van der Waals surface area contributed by atoms with Crippen LogP contribution in [0.4, 0.5) is 11.8 Å². The first-order valence-electron chi connectivity index (χ1n) is 10.7. The summed E-state index contributed by atoms with van der Waals surface area (Å²) in [5.41, 5.74) is 4.86. The van der Waals surface area contributed by atoms with Crippen molar-refractivity contribution in [3.63, 3.8) is 0 Å². The summed E-state index contributed by atoms with van der Waals surface area (Å²) in [5.74, 6) is 4.52. The van der Waals surface area contributed by atoms with Gasteiger partial charge in [-0.15, -0.1) is 6.42 Å². The first-order valence-corrected chi connectivity index (χ1v) is 10.7. The van der Waals surface area contributed by atoms with E-state index in [-0.39, 0.29) is 0 Å². The molecule has 0 unspecified atom stereocenters. The molecular formula is C26H29N5. The number of hydrogen-bond donors (Lipinski definition) is 0. The van der Waals surface area contributed by atoms with Crippen LogP contribution in [0.3, 0.4) is 0 Å². The van der Waals surface area contributed by atoms with Crippen LogP contribution in [0, 0.1) is 12.3 Å². The molecule has 0 bridgehead atoms. The minimum atomic E-state index is 0.504. The Labute approximate surface area is 185 Å². The fourth-order valence-corrected chi connectivity index (χ4v) is 4.00. The number of hydrogen-bond acceptors (Lipinski definition) is 5. The Morgan fingerprint density at radius 2 is 1.65 bits per heavy atom. The van der Waals surface area contributed by atoms with Crippen molar-refractivity contribution in [1.82, 2.24) is 14.9 Å². The summed E-state index contributed by atoms with van der Waals surface area (Å²) in [6.45, 7) is 3.95. The second-order valence-corrected chi connectivity index (χ2v) is 8.16. The molecular weight excluding hydrogens is 382 g/mol. The monoisotopic (exact) mass is 411 g/mol. The van der Waals surface area contributed by atoms with Crippen LogP contribution in [-0.4, -0.2) is 42.1 Å². The Balaban J connectivity index is 1.68. The molecule has 5 nitrogen and oxygen atoms in total. The van der Waals surface area contributed by atoms with Crippen LogP contribution in [0.15, 0.2) is 60.7 Å². The molecule has 0 radical (unpaired) electrons. The van der Waals surface area contributed by atoms with Crippen LogP contribution in [0.25, 0.3) is 0 Å². The summed E-state index contributed by atoms with van der Waals surface area (Å²) in [4.78, 5) is 16.5. The van der Waals surface area contributed by atoms with Crippen molar-refractivity contribution in [1.29, 1.82) is 0 Å². The Morgan fingerprint density at radius 3 is 2.29 bits per heavy atom. The highest BCUT2D eigenvalue weighted by Gasteiger charge is 2.26. The fourth-order valence-electron chi connectivity index (χ4n) is 4.00. The molecule has 0 fully saturated rings. The predicted octanol–water partition coefficient (Wildman–Crippen LogP) is 3.74. The molecule has 0 aliphatic carbocycles. The number of anilines is 2.